The predicted octanol–water partition coefficient (Wildman–Crippen LogP) is 2.51. The lowest BCUT2D eigenvalue weighted by Crippen LogP contribution is -2.00. The van der Waals surface area contributed by atoms with Gasteiger partial charge in [-0.05, 0) is 25.5 Å². The van der Waals surface area contributed by atoms with Crippen LogP contribution in [0.2, 0.25) is 0 Å². The average molecular weight is 349 g/mol. The molecule has 2 aromatic heterocycles. The molecule has 0 aliphatic carbocycles. The lowest BCUT2D eigenvalue weighted by molar-refractivity contribution is -0.134. The molecule has 0 aliphatic rings. The number of aryl methyl sites for hydroxylation is 1. The molecule has 8 heteroatoms. The van der Waals surface area contributed by atoms with Gasteiger partial charge in [-0.15, -0.1) is 0 Å². The zero-order chi connectivity index (χ0) is 18.8. The van der Waals surface area contributed by atoms with E-state index in [1.54, 1.807) is 0 Å². The quantitative estimate of drug-likeness (QED) is 0.517. The number of aromatic nitrogens is 2. The molecule has 0 fully saturated rings. The number of unbranched alkanes of at least 4 members (excludes halogenated alkanes) is 2. The van der Waals surface area contributed by atoms with E-state index in [0.717, 1.165) is 30.1 Å². The minimum absolute atomic E-state index is 0.558. The largest absolute Gasteiger partial charge is 0.490 e. The zero-order valence-corrected chi connectivity index (χ0v) is 14.3. The Bertz CT molecular complexity index is 736. The molecule has 4 N–H and O–H groups in total. The topological polar surface area (TPSA) is 127 Å². The van der Waals surface area contributed by atoms with Crippen LogP contribution in [0.3, 0.4) is 0 Å². The van der Waals surface area contributed by atoms with Crippen molar-refractivity contribution < 1.29 is 24.5 Å². The predicted molar refractivity (Wildman–Crippen MR) is 93.8 cm³/mol. The molecule has 2 rings (SSSR count). The Hall–Kier alpha value is -3.03. The second-order valence-corrected chi connectivity index (χ2v) is 5.21. The summed E-state index contributed by atoms with van der Waals surface area (Å²) in [5, 5.41) is 15.6. The summed E-state index contributed by atoms with van der Waals surface area (Å²) < 4.78 is 7.62. The maximum Gasteiger partial charge on any atom is 0.328 e. The van der Waals surface area contributed by atoms with Crippen LogP contribution in [-0.4, -0.2) is 38.1 Å². The number of carbonyl (C=O) groups is 2. The van der Waals surface area contributed by atoms with Crippen molar-refractivity contribution in [3.8, 4) is 5.75 Å². The van der Waals surface area contributed by atoms with Crippen LogP contribution in [-0.2, 0) is 9.59 Å². The number of aliphatic carboxylic acids is 2. The van der Waals surface area contributed by atoms with E-state index in [1.807, 2.05) is 29.7 Å². The van der Waals surface area contributed by atoms with Gasteiger partial charge >= 0.3 is 11.9 Å². The number of fused-ring (bicyclic) bond motifs is 1. The van der Waals surface area contributed by atoms with Crippen LogP contribution in [0.15, 0.2) is 30.5 Å². The van der Waals surface area contributed by atoms with Gasteiger partial charge in [0.15, 0.2) is 11.4 Å². The van der Waals surface area contributed by atoms with Crippen LogP contribution in [0.4, 0.5) is 5.82 Å². The van der Waals surface area contributed by atoms with Gasteiger partial charge in [0.25, 0.3) is 0 Å². The number of ether oxygens (including phenoxy) is 1. The normalized spacial score (nSPS) is 10.5. The molecule has 0 spiro atoms. The summed E-state index contributed by atoms with van der Waals surface area (Å²) >= 11 is 0. The monoisotopic (exact) mass is 349 g/mol. The van der Waals surface area contributed by atoms with E-state index >= 15 is 0 Å². The number of carboxylic acid groups (broad SMARTS) is 2. The fourth-order valence-corrected chi connectivity index (χ4v) is 1.96. The molecule has 2 heterocycles. The molecular weight excluding hydrogens is 326 g/mol. The Morgan fingerprint density at radius 3 is 2.48 bits per heavy atom. The van der Waals surface area contributed by atoms with Crippen LogP contribution in [0.1, 0.15) is 31.9 Å². The molecule has 0 aliphatic heterocycles. The average Bonchev–Trinajstić information content (AvgIpc) is 2.86. The number of nitrogens with two attached hydrogens (primary N) is 1. The number of carboxylic acids is 2. The fourth-order valence-electron chi connectivity index (χ4n) is 1.96. The Morgan fingerprint density at radius 1 is 1.28 bits per heavy atom. The first kappa shape index (κ1) is 20.0. The van der Waals surface area contributed by atoms with Crippen molar-refractivity contribution in [2.45, 2.75) is 33.1 Å². The van der Waals surface area contributed by atoms with E-state index in [9.17, 15) is 9.59 Å². The highest BCUT2D eigenvalue weighted by Crippen LogP contribution is 2.23. The second kappa shape index (κ2) is 9.96. The van der Waals surface area contributed by atoms with Crippen molar-refractivity contribution in [3.63, 3.8) is 0 Å². The van der Waals surface area contributed by atoms with Gasteiger partial charge in [0.1, 0.15) is 5.82 Å². The molecule has 0 radical (unpaired) electrons. The summed E-state index contributed by atoms with van der Waals surface area (Å²) in [6.07, 6.45) is 6.49. The summed E-state index contributed by atoms with van der Waals surface area (Å²) in [5.74, 6) is -1.03. The molecule has 2 aromatic rings. The number of hydrogen-bond donors (Lipinski definition) is 3. The van der Waals surface area contributed by atoms with E-state index in [4.69, 9.17) is 20.7 Å². The highest BCUT2D eigenvalue weighted by molar-refractivity contribution is 5.89. The smallest absolute Gasteiger partial charge is 0.328 e. The maximum absolute atomic E-state index is 9.55. The highest BCUT2D eigenvalue weighted by atomic mass is 16.5. The van der Waals surface area contributed by atoms with Crippen molar-refractivity contribution in [2.24, 2.45) is 0 Å². The highest BCUT2D eigenvalue weighted by Gasteiger charge is 2.09. The van der Waals surface area contributed by atoms with Gasteiger partial charge in [0.05, 0.1) is 12.3 Å². The van der Waals surface area contributed by atoms with Gasteiger partial charge in [-0.2, -0.15) is 0 Å². The molecular formula is C17H23N3O5. The van der Waals surface area contributed by atoms with Crippen molar-refractivity contribution in [1.82, 2.24) is 9.38 Å². The van der Waals surface area contributed by atoms with Gasteiger partial charge in [-0.25, -0.2) is 14.6 Å². The standard InChI is InChI=1S/C13H19N3O.C4H4O4/c1-3-4-5-9-17-11-7-6-8-16-12(14)10(2)15-13(11)16;5-3(6)1-2-4(7)8/h6-8H,3-5,9,14H2,1-2H3;1-2H,(H,5,6)(H,7,8)/b;2-1+. The minimum Gasteiger partial charge on any atom is -0.490 e. The number of nitrogens with zero attached hydrogens (tertiary/aromatic N) is 2. The van der Waals surface area contributed by atoms with Gasteiger partial charge in [0.2, 0.25) is 0 Å². The Labute approximate surface area is 145 Å². The van der Waals surface area contributed by atoms with Crippen LogP contribution in [0.25, 0.3) is 5.65 Å². The van der Waals surface area contributed by atoms with Crippen molar-refractivity contribution in [3.05, 3.63) is 36.2 Å². The fraction of sp³-hybridized carbons (Fsp3) is 0.353. The van der Waals surface area contributed by atoms with Gasteiger partial charge in [-0.1, -0.05) is 19.8 Å². The zero-order valence-electron chi connectivity index (χ0n) is 14.3. The number of rotatable bonds is 7. The molecule has 0 saturated heterocycles. The van der Waals surface area contributed by atoms with E-state index < -0.39 is 11.9 Å². The molecule has 136 valence electrons. The van der Waals surface area contributed by atoms with E-state index in [-0.39, 0.29) is 0 Å². The van der Waals surface area contributed by atoms with Crippen LogP contribution in [0.5, 0.6) is 5.75 Å². The summed E-state index contributed by atoms with van der Waals surface area (Å²) in [7, 11) is 0. The van der Waals surface area contributed by atoms with E-state index in [1.165, 1.54) is 12.8 Å². The Kier molecular flexibility index (Phi) is 7.98. The number of hydrogen-bond acceptors (Lipinski definition) is 5. The number of anilines is 1. The molecule has 0 unspecified atom stereocenters. The van der Waals surface area contributed by atoms with Crippen LogP contribution in [0, 0.1) is 6.92 Å². The van der Waals surface area contributed by atoms with E-state index in [0.29, 0.717) is 18.0 Å². The van der Waals surface area contributed by atoms with Gasteiger partial charge in [0, 0.05) is 18.3 Å². The lowest BCUT2D eigenvalue weighted by Gasteiger charge is -2.06. The van der Waals surface area contributed by atoms with Crippen LogP contribution < -0.4 is 10.5 Å². The Morgan fingerprint density at radius 2 is 1.92 bits per heavy atom. The number of nitrogen functional groups attached to an aromatic ring is 1. The molecule has 0 amide bonds. The minimum atomic E-state index is -1.26. The van der Waals surface area contributed by atoms with Crippen molar-refractivity contribution >= 4 is 23.4 Å². The summed E-state index contributed by atoms with van der Waals surface area (Å²) in [5.41, 5.74) is 7.58. The van der Waals surface area contributed by atoms with Gasteiger partial charge < -0.3 is 20.7 Å². The first-order valence-electron chi connectivity index (χ1n) is 7.86. The molecule has 25 heavy (non-hydrogen) atoms. The molecule has 8 nitrogen and oxygen atoms in total. The maximum atomic E-state index is 9.55. The first-order valence-corrected chi connectivity index (χ1v) is 7.86. The number of imidazole rings is 1. The second-order valence-electron chi connectivity index (χ2n) is 5.21. The molecule has 0 bridgehead atoms. The van der Waals surface area contributed by atoms with Gasteiger partial charge in [-0.3, -0.25) is 4.40 Å². The van der Waals surface area contributed by atoms with Crippen molar-refractivity contribution in [2.75, 3.05) is 12.3 Å². The third kappa shape index (κ3) is 6.54. The lowest BCUT2D eigenvalue weighted by atomic mass is 10.3. The third-order valence-electron chi connectivity index (χ3n) is 3.21. The molecule has 0 atom stereocenters. The molecule has 0 saturated carbocycles. The SMILES string of the molecule is CCCCCOc1cccn2c(N)c(C)nc12.O=C(O)/C=C/C(=O)O. The first-order chi connectivity index (χ1) is 11.9. The summed E-state index contributed by atoms with van der Waals surface area (Å²) in [4.78, 5) is 23.5. The third-order valence-corrected chi connectivity index (χ3v) is 3.21. The Balaban J connectivity index is 0.000000333. The van der Waals surface area contributed by atoms with Crippen molar-refractivity contribution in [1.29, 1.82) is 0 Å². The summed E-state index contributed by atoms with van der Waals surface area (Å²) in [6.45, 7) is 4.82. The number of pyridine rings is 1. The summed E-state index contributed by atoms with van der Waals surface area (Å²) in [6, 6.07) is 3.87. The van der Waals surface area contributed by atoms with E-state index in [2.05, 4.69) is 11.9 Å². The van der Waals surface area contributed by atoms with Crippen LogP contribution >= 0.6 is 0 Å². The molecule has 0 aromatic carbocycles.